The molecule has 0 radical (unpaired) electrons. The Labute approximate surface area is 236 Å². The molecule has 2 aromatic carbocycles. The number of nitrogens with zero attached hydrogens (tertiary/aromatic N) is 4. The second-order valence-corrected chi connectivity index (χ2v) is 12.3. The average Bonchev–Trinajstić information content (AvgIpc) is 3.58. The van der Waals surface area contributed by atoms with Crippen molar-refractivity contribution in [3.8, 4) is 33.8 Å². The minimum absolute atomic E-state index is 0.0555. The van der Waals surface area contributed by atoms with E-state index < -0.39 is 15.7 Å². The van der Waals surface area contributed by atoms with E-state index in [-0.39, 0.29) is 12.2 Å². The quantitative estimate of drug-likeness (QED) is 0.222. The Hall–Kier alpha value is -4.48. The highest BCUT2D eigenvalue weighted by Crippen LogP contribution is 2.33. The van der Waals surface area contributed by atoms with Gasteiger partial charge in [-0.25, -0.2) is 22.8 Å². The Morgan fingerprint density at radius 1 is 0.976 bits per heavy atom. The Balaban J connectivity index is 1.39. The second kappa shape index (κ2) is 10.8. The number of aromatic amines is 2. The highest BCUT2D eigenvalue weighted by atomic mass is 32.2. The molecule has 0 aliphatic heterocycles. The SMILES string of the molecule is CCNCc1cncc(-c2ccc3[nH]nc(-c4nc5nccc(-c6cc(F)cc(CCS(C)(=O)=O)c6)c5[nH]4)c3c2)c1. The van der Waals surface area contributed by atoms with Gasteiger partial charge < -0.3 is 10.3 Å². The lowest BCUT2D eigenvalue weighted by atomic mass is 10.0. The molecule has 0 unspecified atom stereocenters. The van der Waals surface area contributed by atoms with Gasteiger partial charge in [0.05, 0.1) is 16.8 Å². The van der Waals surface area contributed by atoms with Crippen molar-refractivity contribution in [1.82, 2.24) is 35.5 Å². The maximum absolute atomic E-state index is 14.6. The molecule has 0 bridgehead atoms. The fourth-order valence-electron chi connectivity index (χ4n) is 4.90. The summed E-state index contributed by atoms with van der Waals surface area (Å²) in [7, 11) is -3.18. The van der Waals surface area contributed by atoms with Crippen LogP contribution in [0.2, 0.25) is 0 Å². The molecule has 41 heavy (non-hydrogen) atoms. The molecule has 6 rings (SSSR count). The van der Waals surface area contributed by atoms with Crippen LogP contribution < -0.4 is 5.32 Å². The van der Waals surface area contributed by atoms with Gasteiger partial charge in [0, 0.05) is 47.9 Å². The van der Waals surface area contributed by atoms with Crippen LogP contribution in [0.1, 0.15) is 18.1 Å². The number of nitrogens with one attached hydrogen (secondary N) is 3. The van der Waals surface area contributed by atoms with Gasteiger partial charge in [0.1, 0.15) is 21.3 Å². The van der Waals surface area contributed by atoms with Crippen LogP contribution in [-0.4, -0.2) is 57.1 Å². The molecular weight excluding hydrogens is 541 g/mol. The normalized spacial score (nSPS) is 12.0. The van der Waals surface area contributed by atoms with E-state index in [1.807, 2.05) is 24.5 Å². The minimum Gasteiger partial charge on any atom is -0.335 e. The van der Waals surface area contributed by atoms with Gasteiger partial charge in [-0.2, -0.15) is 5.10 Å². The van der Waals surface area contributed by atoms with E-state index >= 15 is 0 Å². The lowest BCUT2D eigenvalue weighted by Gasteiger charge is -2.07. The lowest BCUT2D eigenvalue weighted by molar-refractivity contribution is 0.600. The first-order valence-corrected chi connectivity index (χ1v) is 15.3. The van der Waals surface area contributed by atoms with Crippen LogP contribution in [0.5, 0.6) is 0 Å². The number of halogens is 1. The van der Waals surface area contributed by atoms with Gasteiger partial charge in [-0.15, -0.1) is 0 Å². The minimum atomic E-state index is -3.18. The van der Waals surface area contributed by atoms with Gasteiger partial charge in [-0.3, -0.25) is 10.1 Å². The number of H-pyrrole nitrogens is 2. The van der Waals surface area contributed by atoms with Crippen LogP contribution in [0.25, 0.3) is 55.8 Å². The van der Waals surface area contributed by atoms with Crippen LogP contribution in [0, 0.1) is 5.82 Å². The van der Waals surface area contributed by atoms with Crippen molar-refractivity contribution in [2.75, 3.05) is 18.6 Å². The molecule has 0 amide bonds. The highest BCUT2D eigenvalue weighted by Gasteiger charge is 2.17. The fourth-order valence-corrected chi connectivity index (χ4v) is 5.51. The van der Waals surface area contributed by atoms with Gasteiger partial charge in [0.15, 0.2) is 11.5 Å². The molecule has 208 valence electrons. The number of aryl methyl sites for hydroxylation is 1. The largest absolute Gasteiger partial charge is 0.335 e. The molecular formula is C30H28FN7O2S. The van der Waals surface area contributed by atoms with Gasteiger partial charge in [0.2, 0.25) is 0 Å². The zero-order valence-corrected chi connectivity index (χ0v) is 23.4. The molecule has 0 fully saturated rings. The van der Waals surface area contributed by atoms with Crippen LogP contribution in [0.15, 0.2) is 67.1 Å². The molecule has 0 saturated carbocycles. The molecule has 0 atom stereocenters. The van der Waals surface area contributed by atoms with Crippen molar-refractivity contribution in [1.29, 1.82) is 0 Å². The summed E-state index contributed by atoms with van der Waals surface area (Å²) in [5.41, 5.74) is 7.61. The Bertz CT molecular complexity index is 2000. The summed E-state index contributed by atoms with van der Waals surface area (Å²) in [6.07, 6.45) is 6.72. The molecule has 6 aromatic rings. The number of rotatable bonds is 9. The summed E-state index contributed by atoms with van der Waals surface area (Å²) in [5, 5.41) is 11.8. The molecule has 4 heterocycles. The number of benzene rings is 2. The predicted molar refractivity (Wildman–Crippen MR) is 158 cm³/mol. The topological polar surface area (TPSA) is 129 Å². The van der Waals surface area contributed by atoms with Gasteiger partial charge in [0.25, 0.3) is 0 Å². The molecule has 0 saturated heterocycles. The maximum atomic E-state index is 14.6. The first-order valence-electron chi connectivity index (χ1n) is 13.2. The number of pyridine rings is 2. The highest BCUT2D eigenvalue weighted by molar-refractivity contribution is 7.90. The van der Waals surface area contributed by atoms with Crippen LogP contribution >= 0.6 is 0 Å². The van der Waals surface area contributed by atoms with Gasteiger partial charge >= 0.3 is 0 Å². The third-order valence-electron chi connectivity index (χ3n) is 6.92. The van der Waals surface area contributed by atoms with E-state index in [2.05, 4.69) is 49.5 Å². The Morgan fingerprint density at radius 3 is 2.66 bits per heavy atom. The summed E-state index contributed by atoms with van der Waals surface area (Å²) < 4.78 is 37.9. The summed E-state index contributed by atoms with van der Waals surface area (Å²) in [6, 6.07) is 14.6. The van der Waals surface area contributed by atoms with Gasteiger partial charge in [-0.1, -0.05) is 19.1 Å². The van der Waals surface area contributed by atoms with E-state index in [1.165, 1.54) is 18.4 Å². The van der Waals surface area contributed by atoms with Gasteiger partial charge in [-0.05, 0) is 71.6 Å². The summed E-state index contributed by atoms with van der Waals surface area (Å²) in [6.45, 7) is 3.70. The van der Waals surface area contributed by atoms with E-state index in [9.17, 15) is 12.8 Å². The van der Waals surface area contributed by atoms with Crippen molar-refractivity contribution < 1.29 is 12.8 Å². The molecule has 0 spiro atoms. The summed E-state index contributed by atoms with van der Waals surface area (Å²) in [4.78, 5) is 16.9. The average molecular weight is 570 g/mol. The monoisotopic (exact) mass is 569 g/mol. The standard InChI is InChI=1S/C30H28FN7O2S/c1-3-32-15-19-11-22(17-33-16-19)20-4-5-26-25(14-20)28(38-37-26)30-35-27-24(6-8-34-29(27)36-30)21-10-18(12-23(31)13-21)7-9-41(2,39)40/h4-6,8,10-14,16-17,32H,3,7,9,15H2,1-2H3,(H,37,38)(H,34,35,36). The van der Waals surface area contributed by atoms with E-state index in [4.69, 9.17) is 4.98 Å². The number of hydrogen-bond donors (Lipinski definition) is 3. The predicted octanol–water partition coefficient (Wildman–Crippen LogP) is 5.07. The molecule has 3 N–H and O–H groups in total. The molecule has 11 heteroatoms. The number of aromatic nitrogens is 6. The van der Waals surface area contributed by atoms with Crippen LogP contribution in [0.3, 0.4) is 0 Å². The number of sulfone groups is 1. The number of fused-ring (bicyclic) bond motifs is 2. The number of hydrogen-bond acceptors (Lipinski definition) is 7. The van der Waals surface area contributed by atoms with Crippen molar-refractivity contribution in [2.24, 2.45) is 0 Å². The molecule has 0 aliphatic carbocycles. The summed E-state index contributed by atoms with van der Waals surface area (Å²) in [5.74, 6) is 0.0294. The maximum Gasteiger partial charge on any atom is 0.178 e. The van der Waals surface area contributed by atoms with E-state index in [1.54, 1.807) is 18.3 Å². The Morgan fingerprint density at radius 2 is 1.83 bits per heavy atom. The number of imidazole rings is 1. The van der Waals surface area contributed by atoms with Crippen molar-refractivity contribution in [2.45, 2.75) is 19.9 Å². The van der Waals surface area contributed by atoms with Crippen molar-refractivity contribution in [3.05, 3.63) is 84.1 Å². The van der Waals surface area contributed by atoms with Crippen molar-refractivity contribution in [3.63, 3.8) is 0 Å². The van der Waals surface area contributed by atoms with Crippen LogP contribution in [0.4, 0.5) is 4.39 Å². The lowest BCUT2D eigenvalue weighted by Crippen LogP contribution is -2.11. The van der Waals surface area contributed by atoms with Crippen LogP contribution in [-0.2, 0) is 22.8 Å². The zero-order chi connectivity index (χ0) is 28.6. The molecule has 9 nitrogen and oxygen atoms in total. The second-order valence-electron chi connectivity index (χ2n) is 10.1. The summed E-state index contributed by atoms with van der Waals surface area (Å²) >= 11 is 0. The molecule has 0 aliphatic rings. The van der Waals surface area contributed by atoms with E-state index in [0.29, 0.717) is 39.4 Å². The first-order chi connectivity index (χ1) is 19.8. The smallest absolute Gasteiger partial charge is 0.178 e. The fraction of sp³-hybridized carbons (Fsp3) is 0.200. The molecule has 4 aromatic heterocycles. The third kappa shape index (κ3) is 5.72. The third-order valence-corrected chi connectivity index (χ3v) is 7.86. The Kier molecular flexibility index (Phi) is 7.06. The zero-order valence-electron chi connectivity index (χ0n) is 22.6. The van der Waals surface area contributed by atoms with E-state index in [0.717, 1.165) is 40.7 Å². The first kappa shape index (κ1) is 26.7. The van der Waals surface area contributed by atoms with Crippen molar-refractivity contribution >= 4 is 31.9 Å².